The number of ketones is 1. The minimum absolute atomic E-state index is 0.0249. The monoisotopic (exact) mass is 369 g/mol. The van der Waals surface area contributed by atoms with E-state index < -0.39 is 5.97 Å². The number of aryl methyl sites for hydroxylation is 1. The number of esters is 1. The van der Waals surface area contributed by atoms with E-state index in [0.717, 1.165) is 12.0 Å². The maximum absolute atomic E-state index is 12.1. The summed E-state index contributed by atoms with van der Waals surface area (Å²) in [5, 5.41) is 2.63. The van der Waals surface area contributed by atoms with Crippen LogP contribution in [0.1, 0.15) is 39.6 Å². The van der Waals surface area contributed by atoms with Gasteiger partial charge >= 0.3 is 5.97 Å². The third kappa shape index (κ3) is 5.95. The highest BCUT2D eigenvalue weighted by Crippen LogP contribution is 2.16. The van der Waals surface area contributed by atoms with Crippen molar-refractivity contribution in [2.45, 2.75) is 19.8 Å². The summed E-state index contributed by atoms with van der Waals surface area (Å²) in [5.74, 6) is -0.692. The van der Waals surface area contributed by atoms with E-state index in [4.69, 9.17) is 9.47 Å². The van der Waals surface area contributed by atoms with Gasteiger partial charge in [0.25, 0.3) is 5.91 Å². The predicted octanol–water partition coefficient (Wildman–Crippen LogP) is 2.80. The van der Waals surface area contributed by atoms with Gasteiger partial charge in [-0.3, -0.25) is 14.4 Å². The van der Waals surface area contributed by atoms with Crippen LogP contribution in [0.2, 0.25) is 0 Å². The second-order valence-corrected chi connectivity index (χ2v) is 5.84. The maximum Gasteiger partial charge on any atom is 0.308 e. The van der Waals surface area contributed by atoms with Gasteiger partial charge < -0.3 is 14.8 Å². The molecule has 0 aromatic heterocycles. The molecule has 0 spiro atoms. The summed E-state index contributed by atoms with van der Waals surface area (Å²) < 4.78 is 10.1. The van der Waals surface area contributed by atoms with E-state index in [2.05, 4.69) is 5.32 Å². The molecule has 6 heteroatoms. The molecule has 142 valence electrons. The van der Waals surface area contributed by atoms with Crippen LogP contribution in [0.4, 0.5) is 0 Å². The number of rotatable bonds is 9. The Morgan fingerprint density at radius 2 is 1.70 bits per heavy atom. The lowest BCUT2D eigenvalue weighted by molar-refractivity contribution is -0.142. The number of hydrogen-bond acceptors (Lipinski definition) is 5. The second-order valence-electron chi connectivity index (χ2n) is 5.84. The number of para-hydroxylation sites is 1. The molecule has 0 radical (unpaired) electrons. The smallest absolute Gasteiger partial charge is 0.308 e. The molecule has 0 aliphatic heterocycles. The number of carbonyl (C=O) groups is 3. The average molecular weight is 369 g/mol. The first-order chi connectivity index (χ1) is 13.0. The Morgan fingerprint density at radius 1 is 1.00 bits per heavy atom. The van der Waals surface area contributed by atoms with Crippen molar-refractivity contribution in [3.8, 4) is 5.75 Å². The van der Waals surface area contributed by atoms with Crippen LogP contribution in [0, 0.1) is 0 Å². The Morgan fingerprint density at radius 3 is 2.37 bits per heavy atom. The van der Waals surface area contributed by atoms with Gasteiger partial charge in [0.05, 0.1) is 19.1 Å². The van der Waals surface area contributed by atoms with Crippen molar-refractivity contribution < 1.29 is 23.9 Å². The molecule has 2 aromatic carbocycles. The minimum Gasteiger partial charge on any atom is -0.496 e. The topological polar surface area (TPSA) is 81.7 Å². The van der Waals surface area contributed by atoms with Crippen LogP contribution in [0.5, 0.6) is 5.75 Å². The normalized spacial score (nSPS) is 10.1. The number of Topliss-reactive ketones (excluding diaryl/α,β-unsaturated/α-hetero) is 1. The Labute approximate surface area is 158 Å². The average Bonchev–Trinajstić information content (AvgIpc) is 2.71. The fourth-order valence-corrected chi connectivity index (χ4v) is 2.43. The molecule has 0 saturated heterocycles. The molecule has 0 bridgehead atoms. The quantitative estimate of drug-likeness (QED) is 0.543. The van der Waals surface area contributed by atoms with Crippen molar-refractivity contribution in [2.24, 2.45) is 0 Å². The highest BCUT2D eigenvalue weighted by Gasteiger charge is 2.13. The third-order valence-corrected chi connectivity index (χ3v) is 4.01. The number of methoxy groups -OCH3 is 1. The molecular weight excluding hydrogens is 346 g/mol. The fourth-order valence-electron chi connectivity index (χ4n) is 2.43. The Kier molecular flexibility index (Phi) is 7.55. The standard InChI is InChI=1S/C21H23NO5/c1-3-15-8-10-16(11-9-15)18(23)14-27-20(24)12-13-22-21(25)17-6-4-5-7-19(17)26-2/h4-11H,3,12-14H2,1-2H3,(H,22,25). The molecule has 0 unspecified atom stereocenters. The van der Waals surface area contributed by atoms with Gasteiger partial charge in [-0.25, -0.2) is 0 Å². The molecule has 0 fully saturated rings. The minimum atomic E-state index is -0.547. The summed E-state index contributed by atoms with van der Waals surface area (Å²) in [7, 11) is 1.48. The summed E-state index contributed by atoms with van der Waals surface area (Å²) in [6, 6.07) is 14.0. The van der Waals surface area contributed by atoms with E-state index in [1.807, 2.05) is 19.1 Å². The largest absolute Gasteiger partial charge is 0.496 e. The molecular formula is C21H23NO5. The molecule has 27 heavy (non-hydrogen) atoms. The lowest BCUT2D eigenvalue weighted by atomic mass is 10.1. The lowest BCUT2D eigenvalue weighted by Gasteiger charge is -2.09. The number of benzene rings is 2. The molecule has 0 atom stereocenters. The molecule has 1 amide bonds. The summed E-state index contributed by atoms with van der Waals surface area (Å²) in [4.78, 5) is 35.9. The van der Waals surface area contributed by atoms with E-state index in [9.17, 15) is 14.4 Å². The van der Waals surface area contributed by atoms with Gasteiger partial charge in [0, 0.05) is 12.1 Å². The Bertz CT molecular complexity index is 798. The van der Waals surface area contributed by atoms with Crippen LogP contribution in [0.3, 0.4) is 0 Å². The third-order valence-electron chi connectivity index (χ3n) is 4.01. The van der Waals surface area contributed by atoms with E-state index in [1.54, 1.807) is 36.4 Å². The number of carbonyl (C=O) groups excluding carboxylic acids is 3. The Hall–Kier alpha value is -3.15. The van der Waals surface area contributed by atoms with E-state index in [-0.39, 0.29) is 31.3 Å². The summed E-state index contributed by atoms with van der Waals surface area (Å²) in [6.07, 6.45) is 0.868. The van der Waals surface area contributed by atoms with Gasteiger partial charge in [0.2, 0.25) is 0 Å². The molecule has 0 saturated carbocycles. The molecule has 1 N–H and O–H groups in total. The van der Waals surface area contributed by atoms with Gasteiger partial charge in [0.15, 0.2) is 12.4 Å². The van der Waals surface area contributed by atoms with E-state index in [1.165, 1.54) is 7.11 Å². The van der Waals surface area contributed by atoms with Crippen molar-refractivity contribution in [3.05, 3.63) is 65.2 Å². The molecule has 6 nitrogen and oxygen atoms in total. The van der Waals surface area contributed by atoms with Crippen molar-refractivity contribution in [3.63, 3.8) is 0 Å². The molecule has 0 heterocycles. The highest BCUT2D eigenvalue weighted by molar-refractivity contribution is 5.98. The molecule has 2 rings (SSSR count). The van der Waals surface area contributed by atoms with Crippen molar-refractivity contribution >= 4 is 17.7 Å². The van der Waals surface area contributed by atoms with Gasteiger partial charge in [-0.15, -0.1) is 0 Å². The van der Waals surface area contributed by atoms with Crippen LogP contribution in [-0.4, -0.2) is 37.9 Å². The van der Waals surface area contributed by atoms with Crippen molar-refractivity contribution in [1.29, 1.82) is 0 Å². The first-order valence-corrected chi connectivity index (χ1v) is 8.74. The molecule has 0 aliphatic rings. The van der Waals surface area contributed by atoms with Crippen LogP contribution >= 0.6 is 0 Å². The number of hydrogen-bond donors (Lipinski definition) is 1. The fraction of sp³-hybridized carbons (Fsp3) is 0.286. The summed E-state index contributed by atoms with van der Waals surface area (Å²) >= 11 is 0. The predicted molar refractivity (Wildman–Crippen MR) is 101 cm³/mol. The molecule has 2 aromatic rings. The zero-order valence-electron chi connectivity index (χ0n) is 15.5. The lowest BCUT2D eigenvalue weighted by Crippen LogP contribution is -2.27. The Balaban J connectivity index is 1.74. The van der Waals surface area contributed by atoms with Gasteiger partial charge in [-0.05, 0) is 24.1 Å². The van der Waals surface area contributed by atoms with E-state index >= 15 is 0 Å². The van der Waals surface area contributed by atoms with Crippen molar-refractivity contribution in [2.75, 3.05) is 20.3 Å². The van der Waals surface area contributed by atoms with Crippen LogP contribution in [0.15, 0.2) is 48.5 Å². The van der Waals surface area contributed by atoms with Gasteiger partial charge in [-0.1, -0.05) is 43.3 Å². The van der Waals surface area contributed by atoms with Crippen molar-refractivity contribution in [1.82, 2.24) is 5.32 Å². The zero-order chi connectivity index (χ0) is 19.6. The molecule has 0 aliphatic carbocycles. The second kappa shape index (κ2) is 10.1. The van der Waals surface area contributed by atoms with Gasteiger partial charge in [0.1, 0.15) is 5.75 Å². The van der Waals surface area contributed by atoms with Crippen LogP contribution in [-0.2, 0) is 16.0 Å². The first kappa shape index (κ1) is 20.2. The van der Waals surface area contributed by atoms with Gasteiger partial charge in [-0.2, -0.15) is 0 Å². The SMILES string of the molecule is CCc1ccc(C(=O)COC(=O)CCNC(=O)c2ccccc2OC)cc1. The summed E-state index contributed by atoms with van der Waals surface area (Å²) in [5.41, 5.74) is 2.03. The number of ether oxygens (including phenoxy) is 2. The highest BCUT2D eigenvalue weighted by atomic mass is 16.5. The summed E-state index contributed by atoms with van der Waals surface area (Å²) in [6.45, 7) is 1.82. The van der Waals surface area contributed by atoms with Crippen LogP contribution < -0.4 is 10.1 Å². The zero-order valence-corrected chi connectivity index (χ0v) is 15.5. The van der Waals surface area contributed by atoms with Crippen LogP contribution in [0.25, 0.3) is 0 Å². The number of amides is 1. The maximum atomic E-state index is 12.1. The first-order valence-electron chi connectivity index (χ1n) is 8.74. The van der Waals surface area contributed by atoms with E-state index in [0.29, 0.717) is 16.9 Å². The number of nitrogens with one attached hydrogen (secondary N) is 1.